The van der Waals surface area contributed by atoms with Gasteiger partial charge in [0, 0.05) is 25.2 Å². The molecule has 6 N–H and O–H groups in total. The first-order valence-corrected chi connectivity index (χ1v) is 14.8. The molecule has 0 bridgehead atoms. The molecule has 0 unspecified atom stereocenters. The summed E-state index contributed by atoms with van der Waals surface area (Å²) in [6.45, 7) is 3.01. The van der Waals surface area contributed by atoms with Gasteiger partial charge in [-0.15, -0.1) is 0 Å². The van der Waals surface area contributed by atoms with Crippen LogP contribution in [0.1, 0.15) is 39.5 Å². The highest BCUT2D eigenvalue weighted by Crippen LogP contribution is 2.65. The summed E-state index contributed by atoms with van der Waals surface area (Å²) in [6, 6.07) is 0. The number of cyclic esters (lactones) is 1. The number of allylic oxidation sites excluding steroid dienone is 1. The third-order valence-electron chi connectivity index (χ3n) is 10.9. The minimum absolute atomic E-state index is 0.0235. The van der Waals surface area contributed by atoms with Crippen molar-refractivity contribution in [3.63, 3.8) is 0 Å². The van der Waals surface area contributed by atoms with E-state index in [9.17, 15) is 40.2 Å². The average Bonchev–Trinajstić information content (AvgIpc) is 3.26. The quantitative estimate of drug-likeness (QED) is 0.169. The molecule has 0 aromatic carbocycles. The number of hydrogen-bond acceptors (Lipinski definition) is 15. The highest BCUT2D eigenvalue weighted by molar-refractivity contribution is 5.90. The fourth-order valence-corrected chi connectivity index (χ4v) is 8.44. The SMILES string of the molecule is COC(=O)C1=CCC[C@H]2[C@]3(C)C[C@@H]([C@@]4(O)[C@@H](OC)O[C@@H](OC)[C@H]4O)OC(=O)[C@@H]3C[C@@H](O[C@@H]3O[C@H](CO)[C@@H](O)[C@H](O)[C@H]3O)[C@@]12C. The smallest absolute Gasteiger partial charge is 0.334 e. The summed E-state index contributed by atoms with van der Waals surface area (Å²) in [6.07, 6.45) is -11.5. The maximum Gasteiger partial charge on any atom is 0.334 e. The first-order chi connectivity index (χ1) is 20.7. The molecular weight excluding hydrogens is 588 g/mol. The maximum absolute atomic E-state index is 13.9. The lowest BCUT2D eigenvalue weighted by atomic mass is 9.44. The Labute approximate surface area is 254 Å². The van der Waals surface area contributed by atoms with Crippen LogP contribution < -0.4 is 0 Å². The van der Waals surface area contributed by atoms with Crippen LogP contribution in [0, 0.1) is 22.7 Å². The van der Waals surface area contributed by atoms with E-state index < -0.39 is 108 Å². The molecule has 5 aliphatic rings. The lowest BCUT2D eigenvalue weighted by Crippen LogP contribution is -2.68. The highest BCUT2D eigenvalue weighted by Gasteiger charge is 2.70. The van der Waals surface area contributed by atoms with Gasteiger partial charge in [0.15, 0.2) is 24.5 Å². The molecule has 0 amide bonds. The van der Waals surface area contributed by atoms with Crippen LogP contribution in [0.3, 0.4) is 0 Å². The van der Waals surface area contributed by atoms with Crippen LogP contribution in [0.4, 0.5) is 0 Å². The zero-order chi connectivity index (χ0) is 32.4. The Kier molecular flexibility index (Phi) is 9.25. The molecule has 250 valence electrons. The van der Waals surface area contributed by atoms with Crippen molar-refractivity contribution < 1.29 is 73.4 Å². The minimum Gasteiger partial charge on any atom is -0.466 e. The summed E-state index contributed by atoms with van der Waals surface area (Å²) in [5, 5.41) is 64.0. The second-order valence-electron chi connectivity index (χ2n) is 12.9. The van der Waals surface area contributed by atoms with Crippen molar-refractivity contribution in [3.05, 3.63) is 11.6 Å². The molecule has 15 nitrogen and oxygen atoms in total. The van der Waals surface area contributed by atoms with Crippen LogP contribution >= 0.6 is 0 Å². The molecule has 3 saturated heterocycles. The Bertz CT molecular complexity index is 1130. The van der Waals surface area contributed by atoms with Crippen LogP contribution in [0.15, 0.2) is 11.6 Å². The summed E-state index contributed by atoms with van der Waals surface area (Å²) in [7, 11) is 3.82. The zero-order valence-corrected chi connectivity index (χ0v) is 25.4. The van der Waals surface area contributed by atoms with E-state index in [1.807, 2.05) is 6.92 Å². The molecule has 0 aromatic rings. The first-order valence-electron chi connectivity index (χ1n) is 14.8. The largest absolute Gasteiger partial charge is 0.466 e. The normalized spacial score (nSPS) is 50.7. The number of aliphatic hydroxyl groups excluding tert-OH is 5. The highest BCUT2D eigenvalue weighted by atomic mass is 16.8. The second kappa shape index (κ2) is 12.1. The standard InChI is InChI=1S/C29H44O15/c1-27-10-17(29(37)21(34)25(39-4)44-26(29)40-5)42-23(36)13(27)9-16(28(2)12(22(35)38-3)7-6-8-15(27)28)43-24-20(33)19(32)18(31)14(11-30)41-24/h7,13-21,24-26,30-34,37H,6,8-11H2,1-5H3/t13-,14+,15-,16+,17-,18+,19-,20+,21+,24-,25+,26-,27+,28-,29-/m0/s1. The third-order valence-corrected chi connectivity index (χ3v) is 10.9. The number of esters is 2. The van der Waals surface area contributed by atoms with Crippen molar-refractivity contribution in [1.82, 2.24) is 0 Å². The number of ether oxygens (including phenoxy) is 7. The van der Waals surface area contributed by atoms with E-state index in [1.54, 1.807) is 13.0 Å². The maximum atomic E-state index is 13.9. The number of carbonyl (C=O) groups excluding carboxylic acids is 2. The Morgan fingerprint density at radius 1 is 1.02 bits per heavy atom. The number of fused-ring (bicyclic) bond motifs is 3. The van der Waals surface area contributed by atoms with E-state index in [0.29, 0.717) is 12.8 Å². The topological polar surface area (TPSA) is 220 Å². The molecule has 1 saturated carbocycles. The van der Waals surface area contributed by atoms with Gasteiger partial charge in [0.1, 0.15) is 36.6 Å². The van der Waals surface area contributed by atoms with Crippen molar-refractivity contribution >= 4 is 11.9 Å². The average molecular weight is 633 g/mol. The van der Waals surface area contributed by atoms with E-state index in [2.05, 4.69) is 0 Å². The van der Waals surface area contributed by atoms with E-state index in [1.165, 1.54) is 21.3 Å². The first kappa shape index (κ1) is 33.6. The predicted molar refractivity (Wildman–Crippen MR) is 144 cm³/mol. The molecule has 4 fully saturated rings. The van der Waals surface area contributed by atoms with Crippen LogP contribution in [0.5, 0.6) is 0 Å². The molecule has 0 spiro atoms. The minimum atomic E-state index is -2.19. The van der Waals surface area contributed by atoms with Crippen molar-refractivity contribution in [3.8, 4) is 0 Å². The molecule has 0 aromatic heterocycles. The summed E-state index contributed by atoms with van der Waals surface area (Å²) in [5.41, 5.74) is -3.98. The lowest BCUT2D eigenvalue weighted by Gasteiger charge is -2.63. The van der Waals surface area contributed by atoms with Gasteiger partial charge in [-0.2, -0.15) is 0 Å². The van der Waals surface area contributed by atoms with Crippen molar-refractivity contribution in [2.75, 3.05) is 27.9 Å². The molecule has 2 aliphatic carbocycles. The summed E-state index contributed by atoms with van der Waals surface area (Å²) >= 11 is 0. The van der Waals surface area contributed by atoms with Crippen molar-refractivity contribution in [2.45, 2.75) is 107 Å². The molecule has 15 heteroatoms. The second-order valence-corrected chi connectivity index (χ2v) is 12.9. The Balaban J connectivity index is 1.54. The van der Waals surface area contributed by atoms with E-state index in [4.69, 9.17) is 33.2 Å². The lowest BCUT2D eigenvalue weighted by molar-refractivity contribution is -0.330. The number of carbonyl (C=O) groups is 2. The van der Waals surface area contributed by atoms with Gasteiger partial charge in [-0.05, 0) is 37.0 Å². The van der Waals surface area contributed by atoms with Gasteiger partial charge in [-0.3, -0.25) is 4.79 Å². The van der Waals surface area contributed by atoms with Gasteiger partial charge in [-0.25, -0.2) is 4.79 Å². The van der Waals surface area contributed by atoms with Gasteiger partial charge in [0.05, 0.1) is 25.7 Å². The van der Waals surface area contributed by atoms with Crippen molar-refractivity contribution in [2.24, 2.45) is 22.7 Å². The van der Waals surface area contributed by atoms with Gasteiger partial charge < -0.3 is 63.8 Å². The number of rotatable bonds is 7. The van der Waals surface area contributed by atoms with E-state index >= 15 is 0 Å². The molecule has 44 heavy (non-hydrogen) atoms. The van der Waals surface area contributed by atoms with E-state index in [0.717, 1.165) is 0 Å². The predicted octanol–water partition coefficient (Wildman–Crippen LogP) is -1.90. The summed E-state index contributed by atoms with van der Waals surface area (Å²) in [4.78, 5) is 27.1. The van der Waals surface area contributed by atoms with Gasteiger partial charge in [0.25, 0.3) is 0 Å². The van der Waals surface area contributed by atoms with Crippen LogP contribution in [0.2, 0.25) is 0 Å². The summed E-state index contributed by atoms with van der Waals surface area (Å²) in [5.74, 6) is -2.60. The Hall–Kier alpha value is -1.76. The van der Waals surface area contributed by atoms with Gasteiger partial charge in [-0.1, -0.05) is 19.9 Å². The van der Waals surface area contributed by atoms with Gasteiger partial charge >= 0.3 is 11.9 Å². The van der Waals surface area contributed by atoms with Crippen LogP contribution in [-0.2, 0) is 42.7 Å². The molecule has 3 aliphatic heterocycles. The van der Waals surface area contributed by atoms with E-state index in [-0.39, 0.29) is 18.4 Å². The Morgan fingerprint density at radius 3 is 2.34 bits per heavy atom. The molecule has 0 radical (unpaired) electrons. The zero-order valence-electron chi connectivity index (χ0n) is 25.4. The fraction of sp³-hybridized carbons (Fsp3) is 0.862. The van der Waals surface area contributed by atoms with Crippen LogP contribution in [-0.4, -0.2) is 138 Å². The summed E-state index contributed by atoms with van der Waals surface area (Å²) < 4.78 is 39.0. The number of hydrogen-bond donors (Lipinski definition) is 6. The number of aliphatic hydroxyl groups is 6. The third kappa shape index (κ3) is 4.83. The van der Waals surface area contributed by atoms with Crippen molar-refractivity contribution in [1.29, 1.82) is 0 Å². The number of methoxy groups -OCH3 is 3. The molecule has 3 heterocycles. The molecule has 15 atom stereocenters. The Morgan fingerprint density at radius 2 is 1.73 bits per heavy atom. The molecular formula is C29H44O15. The van der Waals surface area contributed by atoms with Crippen LogP contribution in [0.25, 0.3) is 0 Å². The monoisotopic (exact) mass is 632 g/mol. The van der Waals surface area contributed by atoms with Gasteiger partial charge in [0.2, 0.25) is 0 Å². The molecule has 5 rings (SSSR count). The fourth-order valence-electron chi connectivity index (χ4n) is 8.44.